The van der Waals surface area contributed by atoms with Crippen molar-refractivity contribution in [1.29, 1.82) is 0 Å². The second kappa shape index (κ2) is 3.30. The van der Waals surface area contributed by atoms with Crippen molar-refractivity contribution in [3.63, 3.8) is 0 Å². The summed E-state index contributed by atoms with van der Waals surface area (Å²) in [6, 6.07) is 0. The summed E-state index contributed by atoms with van der Waals surface area (Å²) in [5.74, 6) is -0.444. The van der Waals surface area contributed by atoms with Crippen LogP contribution in [0.15, 0.2) is 12.7 Å². The number of hydrogen-bond acceptors (Lipinski definition) is 3. The highest BCUT2D eigenvalue weighted by atomic mass is 32.1. The van der Waals surface area contributed by atoms with Crippen molar-refractivity contribution in [3.05, 3.63) is 28.7 Å². The first kappa shape index (κ1) is 7.94. The van der Waals surface area contributed by atoms with E-state index < -0.39 is 5.91 Å². The molecule has 0 aliphatic heterocycles. The summed E-state index contributed by atoms with van der Waals surface area (Å²) in [4.78, 5) is 15.0. The van der Waals surface area contributed by atoms with Gasteiger partial charge in [0.15, 0.2) is 5.51 Å². The number of aromatic nitrogens is 1. The Bertz CT molecular complexity index is 280. The first-order valence-corrected chi connectivity index (χ1v) is 3.83. The molecule has 0 spiro atoms. The highest BCUT2D eigenvalue weighted by molar-refractivity contribution is 7.11. The van der Waals surface area contributed by atoms with Gasteiger partial charge in [0.25, 0.3) is 5.91 Å². The van der Waals surface area contributed by atoms with Crippen molar-refractivity contribution in [2.75, 3.05) is 0 Å². The third-order valence-corrected chi connectivity index (χ3v) is 1.98. The van der Waals surface area contributed by atoms with E-state index in [9.17, 15) is 4.79 Å². The normalized spacial score (nSPS) is 9.45. The van der Waals surface area contributed by atoms with Gasteiger partial charge < -0.3 is 5.73 Å². The molecule has 0 aliphatic rings. The Hall–Kier alpha value is -1.16. The highest BCUT2D eigenvalue weighted by Crippen LogP contribution is 2.12. The van der Waals surface area contributed by atoms with Crippen molar-refractivity contribution >= 4 is 17.2 Å². The minimum Gasteiger partial charge on any atom is -0.365 e. The fraction of sp³-hybridized carbons (Fsp3) is 0.143. The lowest BCUT2D eigenvalue weighted by molar-refractivity contribution is 0.100. The van der Waals surface area contributed by atoms with E-state index in [-0.39, 0.29) is 0 Å². The summed E-state index contributed by atoms with van der Waals surface area (Å²) >= 11 is 1.14. The zero-order valence-corrected chi connectivity index (χ0v) is 6.65. The minimum atomic E-state index is -0.444. The van der Waals surface area contributed by atoms with Gasteiger partial charge in [0.1, 0.15) is 4.88 Å². The van der Waals surface area contributed by atoms with E-state index in [0.717, 1.165) is 11.3 Å². The van der Waals surface area contributed by atoms with E-state index in [0.29, 0.717) is 17.0 Å². The van der Waals surface area contributed by atoms with Crippen molar-refractivity contribution < 1.29 is 4.79 Å². The zero-order chi connectivity index (χ0) is 8.27. The van der Waals surface area contributed by atoms with Gasteiger partial charge in [0, 0.05) is 6.42 Å². The molecule has 1 aromatic heterocycles. The molecule has 0 aromatic carbocycles. The van der Waals surface area contributed by atoms with Gasteiger partial charge in [0.2, 0.25) is 0 Å². The van der Waals surface area contributed by atoms with Crippen LogP contribution in [-0.4, -0.2) is 10.9 Å². The average molecular weight is 167 g/mol. The summed E-state index contributed by atoms with van der Waals surface area (Å²) in [6.07, 6.45) is 2.24. The molecule has 0 aliphatic carbocycles. The number of rotatable bonds is 3. The molecule has 0 unspecified atom stereocenters. The lowest BCUT2D eigenvalue weighted by Crippen LogP contribution is -2.11. The smallest absolute Gasteiger partial charge is 0.260 e. The van der Waals surface area contributed by atoms with Gasteiger partial charge in [0.05, 0.1) is 5.69 Å². The number of nitrogens with zero attached hydrogens (tertiary/aromatic N) is 1. The molecule has 1 aromatic rings. The third-order valence-electron chi connectivity index (χ3n) is 1.15. The minimum absolute atomic E-state index is 0.444. The standard InChI is InChI=1S/C7H7N2OS/c1-2-3-5-6(7(8)10)11-4-9-5/h2H,1,3H2,(H2,8,10). The molecule has 11 heavy (non-hydrogen) atoms. The van der Waals surface area contributed by atoms with Crippen LogP contribution in [0.5, 0.6) is 0 Å². The maximum atomic E-state index is 10.7. The molecule has 4 heteroatoms. The van der Waals surface area contributed by atoms with Crippen LogP contribution >= 0.6 is 11.3 Å². The Kier molecular flexibility index (Phi) is 2.38. The zero-order valence-electron chi connectivity index (χ0n) is 5.83. The van der Waals surface area contributed by atoms with Crippen LogP contribution in [0.4, 0.5) is 0 Å². The molecule has 0 saturated carbocycles. The number of amides is 1. The number of primary amides is 1. The summed E-state index contributed by atoms with van der Waals surface area (Å²) in [5.41, 5.74) is 8.34. The predicted octanol–water partition coefficient (Wildman–Crippen LogP) is 0.771. The molecule has 1 rings (SSSR count). The molecule has 57 valence electrons. The van der Waals surface area contributed by atoms with Crippen LogP contribution in [0.1, 0.15) is 15.4 Å². The maximum Gasteiger partial charge on any atom is 0.260 e. The largest absolute Gasteiger partial charge is 0.365 e. The molecule has 0 fully saturated rings. The van der Waals surface area contributed by atoms with Crippen LogP contribution in [0.3, 0.4) is 0 Å². The lowest BCUT2D eigenvalue weighted by Gasteiger charge is -1.91. The average Bonchev–Trinajstić information content (AvgIpc) is 2.36. The number of hydrogen-bond donors (Lipinski definition) is 1. The van der Waals surface area contributed by atoms with Gasteiger partial charge in [-0.25, -0.2) is 4.98 Å². The molecule has 1 radical (unpaired) electrons. The second-order valence-electron chi connectivity index (χ2n) is 1.94. The first-order valence-electron chi connectivity index (χ1n) is 3.02. The van der Waals surface area contributed by atoms with Crippen LogP contribution < -0.4 is 5.73 Å². The Morgan fingerprint density at radius 3 is 3.18 bits per heavy atom. The van der Waals surface area contributed by atoms with Crippen molar-refractivity contribution in [2.45, 2.75) is 6.42 Å². The van der Waals surface area contributed by atoms with Gasteiger partial charge in [-0.2, -0.15) is 0 Å². The fourth-order valence-electron chi connectivity index (χ4n) is 0.701. The van der Waals surface area contributed by atoms with Gasteiger partial charge in [-0.05, 0) is 0 Å². The van der Waals surface area contributed by atoms with Gasteiger partial charge in [-0.3, -0.25) is 4.79 Å². The number of thiazole rings is 1. The number of carbonyl (C=O) groups excluding carboxylic acids is 1. The molecule has 3 nitrogen and oxygen atoms in total. The molecular formula is C7H7N2OS. The fourth-order valence-corrected chi connectivity index (χ4v) is 1.30. The molecule has 0 bridgehead atoms. The molecule has 1 amide bonds. The molecule has 0 saturated heterocycles. The summed E-state index contributed by atoms with van der Waals surface area (Å²) in [5, 5.41) is 0. The Morgan fingerprint density at radius 2 is 2.64 bits per heavy atom. The van der Waals surface area contributed by atoms with Crippen molar-refractivity contribution in [3.8, 4) is 0 Å². The maximum absolute atomic E-state index is 10.7. The number of allylic oxidation sites excluding steroid dienone is 1. The summed E-state index contributed by atoms with van der Waals surface area (Å²) in [7, 11) is 0. The Labute approximate surface area is 68.6 Å². The first-order chi connectivity index (χ1) is 5.25. The van der Waals surface area contributed by atoms with Crippen LogP contribution in [0, 0.1) is 5.51 Å². The van der Waals surface area contributed by atoms with E-state index in [1.807, 2.05) is 0 Å². The third kappa shape index (κ3) is 1.65. The molecule has 1 heterocycles. The van der Waals surface area contributed by atoms with E-state index in [1.165, 1.54) is 0 Å². The van der Waals surface area contributed by atoms with Gasteiger partial charge in [-0.1, -0.05) is 6.08 Å². The van der Waals surface area contributed by atoms with Crippen molar-refractivity contribution in [2.24, 2.45) is 5.73 Å². The molecule has 2 N–H and O–H groups in total. The topological polar surface area (TPSA) is 56.0 Å². The van der Waals surface area contributed by atoms with E-state index >= 15 is 0 Å². The number of carbonyl (C=O) groups is 1. The van der Waals surface area contributed by atoms with E-state index in [2.05, 4.69) is 17.1 Å². The highest BCUT2D eigenvalue weighted by Gasteiger charge is 2.09. The monoisotopic (exact) mass is 167 g/mol. The second-order valence-corrected chi connectivity index (χ2v) is 2.73. The summed E-state index contributed by atoms with van der Waals surface area (Å²) < 4.78 is 0. The Morgan fingerprint density at radius 1 is 1.91 bits per heavy atom. The van der Waals surface area contributed by atoms with Crippen LogP contribution in [0.2, 0.25) is 0 Å². The molecular weight excluding hydrogens is 160 g/mol. The predicted molar refractivity (Wildman–Crippen MR) is 43.4 cm³/mol. The van der Waals surface area contributed by atoms with Crippen LogP contribution in [0.25, 0.3) is 0 Å². The van der Waals surface area contributed by atoms with Crippen molar-refractivity contribution in [1.82, 2.24) is 4.98 Å². The van der Waals surface area contributed by atoms with Gasteiger partial charge in [-0.15, -0.1) is 17.9 Å². The SMILES string of the molecule is C=CCc1n[c]sc1C(N)=O. The van der Waals surface area contributed by atoms with Crippen LogP contribution in [-0.2, 0) is 6.42 Å². The quantitative estimate of drug-likeness (QED) is 0.676. The Balaban J connectivity index is 2.95. The number of nitrogens with two attached hydrogens (primary N) is 1. The van der Waals surface area contributed by atoms with E-state index in [4.69, 9.17) is 5.73 Å². The lowest BCUT2D eigenvalue weighted by atomic mass is 10.2. The summed E-state index contributed by atoms with van der Waals surface area (Å²) in [6.45, 7) is 3.53. The van der Waals surface area contributed by atoms with E-state index in [1.54, 1.807) is 6.08 Å². The molecule has 0 atom stereocenters. The van der Waals surface area contributed by atoms with Gasteiger partial charge >= 0.3 is 0 Å².